The lowest BCUT2D eigenvalue weighted by atomic mass is 9.86. The Labute approximate surface area is 90.2 Å². The minimum atomic E-state index is -1.04. The molecule has 88 valence electrons. The molecule has 1 amide bonds. The summed E-state index contributed by atoms with van der Waals surface area (Å²) in [6.45, 7) is 6.98. The molecule has 0 saturated carbocycles. The zero-order valence-electron chi connectivity index (χ0n) is 9.94. The highest BCUT2D eigenvalue weighted by molar-refractivity contribution is 5.86. The number of nitrogens with two attached hydrogens (primary N) is 1. The second-order valence-electron chi connectivity index (χ2n) is 4.81. The SMILES string of the molecule is CC(C(=O)O)N(C)C(=O)C(N)C(C)(C)C. The third-order valence-corrected chi connectivity index (χ3v) is 2.49. The average molecular weight is 216 g/mol. The molecule has 0 fully saturated rings. The van der Waals surface area contributed by atoms with Crippen molar-refractivity contribution >= 4 is 11.9 Å². The van der Waals surface area contributed by atoms with Gasteiger partial charge in [0.2, 0.25) is 5.91 Å². The zero-order valence-corrected chi connectivity index (χ0v) is 9.94. The molecule has 0 aliphatic carbocycles. The first-order chi connectivity index (χ1) is 6.59. The van der Waals surface area contributed by atoms with Crippen LogP contribution in [0, 0.1) is 5.41 Å². The van der Waals surface area contributed by atoms with E-state index in [9.17, 15) is 9.59 Å². The molecule has 0 aromatic heterocycles. The Morgan fingerprint density at radius 2 is 1.73 bits per heavy atom. The fourth-order valence-electron chi connectivity index (χ4n) is 0.946. The van der Waals surface area contributed by atoms with Gasteiger partial charge < -0.3 is 15.7 Å². The van der Waals surface area contributed by atoms with Gasteiger partial charge in [0.15, 0.2) is 0 Å². The van der Waals surface area contributed by atoms with Crippen LogP contribution in [0.5, 0.6) is 0 Å². The summed E-state index contributed by atoms with van der Waals surface area (Å²) < 4.78 is 0. The summed E-state index contributed by atoms with van der Waals surface area (Å²) in [4.78, 5) is 23.6. The lowest BCUT2D eigenvalue weighted by Gasteiger charge is -2.31. The van der Waals surface area contributed by atoms with Gasteiger partial charge in [-0.3, -0.25) is 4.79 Å². The Kier molecular flexibility index (Phi) is 4.27. The molecular weight excluding hydrogens is 196 g/mol. The average Bonchev–Trinajstić information content (AvgIpc) is 2.11. The number of carboxylic acids is 1. The molecule has 0 spiro atoms. The Balaban J connectivity index is 4.66. The summed E-state index contributed by atoms with van der Waals surface area (Å²) in [6.07, 6.45) is 0. The number of carbonyl (C=O) groups excluding carboxylic acids is 1. The summed E-state index contributed by atoms with van der Waals surface area (Å²) in [5, 5.41) is 8.75. The van der Waals surface area contributed by atoms with E-state index in [0.717, 1.165) is 4.90 Å². The van der Waals surface area contributed by atoms with Crippen LogP contribution in [0.1, 0.15) is 27.7 Å². The molecule has 5 heteroatoms. The van der Waals surface area contributed by atoms with Gasteiger partial charge in [0.25, 0.3) is 0 Å². The van der Waals surface area contributed by atoms with Crippen LogP contribution in [0.25, 0.3) is 0 Å². The molecule has 3 N–H and O–H groups in total. The number of carbonyl (C=O) groups is 2. The molecule has 2 atom stereocenters. The highest BCUT2D eigenvalue weighted by Gasteiger charge is 2.32. The fraction of sp³-hybridized carbons (Fsp3) is 0.800. The monoisotopic (exact) mass is 216 g/mol. The standard InChI is InChI=1S/C10H20N2O3/c1-6(9(14)15)12(5)8(13)7(11)10(2,3)4/h6-7H,11H2,1-5H3,(H,14,15). The number of likely N-dealkylation sites (N-methyl/N-ethyl adjacent to an activating group) is 1. The maximum Gasteiger partial charge on any atom is 0.326 e. The predicted octanol–water partition coefficient (Wildman–Crippen LogP) is 0.291. The van der Waals surface area contributed by atoms with Crippen LogP contribution >= 0.6 is 0 Å². The number of carboxylic acid groups (broad SMARTS) is 1. The van der Waals surface area contributed by atoms with Crippen molar-refractivity contribution in [2.45, 2.75) is 39.8 Å². The number of rotatable bonds is 3. The van der Waals surface area contributed by atoms with Crippen LogP contribution in [0.4, 0.5) is 0 Å². The van der Waals surface area contributed by atoms with Crippen LogP contribution < -0.4 is 5.73 Å². The maximum atomic E-state index is 11.8. The van der Waals surface area contributed by atoms with Crippen LogP contribution in [-0.4, -0.2) is 41.0 Å². The topological polar surface area (TPSA) is 83.6 Å². The second-order valence-corrected chi connectivity index (χ2v) is 4.81. The van der Waals surface area contributed by atoms with E-state index >= 15 is 0 Å². The van der Waals surface area contributed by atoms with E-state index in [0.29, 0.717) is 0 Å². The Morgan fingerprint density at radius 1 is 1.33 bits per heavy atom. The molecule has 15 heavy (non-hydrogen) atoms. The molecule has 0 aliphatic rings. The molecule has 0 rings (SSSR count). The fourth-order valence-corrected chi connectivity index (χ4v) is 0.946. The van der Waals surface area contributed by atoms with Crippen molar-refractivity contribution in [2.75, 3.05) is 7.05 Å². The van der Waals surface area contributed by atoms with Gasteiger partial charge in [-0.05, 0) is 12.3 Å². The lowest BCUT2D eigenvalue weighted by Crippen LogP contribution is -2.53. The van der Waals surface area contributed by atoms with E-state index in [4.69, 9.17) is 10.8 Å². The van der Waals surface area contributed by atoms with Gasteiger partial charge in [-0.25, -0.2) is 4.79 Å². The number of hydrogen-bond acceptors (Lipinski definition) is 3. The molecular formula is C10H20N2O3. The minimum Gasteiger partial charge on any atom is -0.480 e. The third kappa shape index (κ3) is 3.51. The van der Waals surface area contributed by atoms with Gasteiger partial charge in [0.05, 0.1) is 6.04 Å². The first-order valence-electron chi connectivity index (χ1n) is 4.84. The number of aliphatic carboxylic acids is 1. The second kappa shape index (κ2) is 4.61. The molecule has 0 aromatic carbocycles. The van der Waals surface area contributed by atoms with Gasteiger partial charge in [-0.15, -0.1) is 0 Å². The largest absolute Gasteiger partial charge is 0.480 e. The van der Waals surface area contributed by atoms with Crippen LogP contribution in [-0.2, 0) is 9.59 Å². The van der Waals surface area contributed by atoms with Crippen molar-refractivity contribution in [3.05, 3.63) is 0 Å². The van der Waals surface area contributed by atoms with E-state index in [2.05, 4.69) is 0 Å². The Morgan fingerprint density at radius 3 is 2.00 bits per heavy atom. The Bertz CT molecular complexity index is 258. The van der Waals surface area contributed by atoms with E-state index in [1.54, 1.807) is 0 Å². The summed E-state index contributed by atoms with van der Waals surface area (Å²) in [5.74, 6) is -1.38. The zero-order chi connectivity index (χ0) is 12.4. The quantitative estimate of drug-likeness (QED) is 0.710. The Hall–Kier alpha value is -1.10. The van der Waals surface area contributed by atoms with E-state index < -0.39 is 18.1 Å². The van der Waals surface area contributed by atoms with Gasteiger partial charge >= 0.3 is 5.97 Å². The van der Waals surface area contributed by atoms with Crippen LogP contribution in [0.3, 0.4) is 0 Å². The van der Waals surface area contributed by atoms with Crippen molar-refractivity contribution in [2.24, 2.45) is 11.1 Å². The molecule has 0 bridgehead atoms. The van der Waals surface area contributed by atoms with Crippen molar-refractivity contribution in [1.82, 2.24) is 4.90 Å². The van der Waals surface area contributed by atoms with E-state index in [-0.39, 0.29) is 11.3 Å². The number of nitrogens with zero attached hydrogens (tertiary/aromatic N) is 1. The highest BCUT2D eigenvalue weighted by Crippen LogP contribution is 2.19. The molecule has 0 aliphatic heterocycles. The highest BCUT2D eigenvalue weighted by atomic mass is 16.4. The summed E-state index contributed by atoms with van der Waals surface area (Å²) >= 11 is 0. The molecule has 0 radical (unpaired) electrons. The van der Waals surface area contributed by atoms with Gasteiger partial charge in [-0.1, -0.05) is 20.8 Å². The molecule has 0 aromatic rings. The first kappa shape index (κ1) is 13.9. The molecule has 0 saturated heterocycles. The number of amides is 1. The number of hydrogen-bond donors (Lipinski definition) is 2. The smallest absolute Gasteiger partial charge is 0.326 e. The molecule has 5 nitrogen and oxygen atoms in total. The van der Waals surface area contributed by atoms with Crippen LogP contribution in [0.15, 0.2) is 0 Å². The normalized spacial score (nSPS) is 15.6. The third-order valence-electron chi connectivity index (χ3n) is 2.49. The molecule has 2 unspecified atom stereocenters. The predicted molar refractivity (Wildman–Crippen MR) is 57.3 cm³/mol. The lowest BCUT2D eigenvalue weighted by molar-refractivity contribution is -0.149. The summed E-state index contributed by atoms with van der Waals surface area (Å²) in [5.41, 5.74) is 5.38. The summed E-state index contributed by atoms with van der Waals surface area (Å²) in [7, 11) is 1.45. The van der Waals surface area contributed by atoms with Gasteiger partial charge in [0.1, 0.15) is 6.04 Å². The van der Waals surface area contributed by atoms with E-state index in [1.165, 1.54) is 14.0 Å². The first-order valence-corrected chi connectivity index (χ1v) is 4.84. The molecule has 0 heterocycles. The van der Waals surface area contributed by atoms with Gasteiger partial charge in [0, 0.05) is 7.05 Å². The summed E-state index contributed by atoms with van der Waals surface area (Å²) in [6, 6.07) is -1.55. The van der Waals surface area contributed by atoms with Crippen molar-refractivity contribution in [1.29, 1.82) is 0 Å². The maximum absolute atomic E-state index is 11.8. The van der Waals surface area contributed by atoms with Gasteiger partial charge in [-0.2, -0.15) is 0 Å². The van der Waals surface area contributed by atoms with Crippen LogP contribution in [0.2, 0.25) is 0 Å². The van der Waals surface area contributed by atoms with Crippen molar-refractivity contribution in [3.63, 3.8) is 0 Å². The van der Waals surface area contributed by atoms with Crippen molar-refractivity contribution in [3.8, 4) is 0 Å². The van der Waals surface area contributed by atoms with Crippen molar-refractivity contribution < 1.29 is 14.7 Å². The van der Waals surface area contributed by atoms with E-state index in [1.807, 2.05) is 20.8 Å². The minimum absolute atomic E-state index is 0.350.